The van der Waals surface area contributed by atoms with Gasteiger partial charge in [0.1, 0.15) is 5.82 Å². The molecule has 1 aromatic rings. The highest BCUT2D eigenvalue weighted by Gasteiger charge is 2.27. The number of hydrogen-bond acceptors (Lipinski definition) is 1. The molecule has 0 aromatic heterocycles. The Morgan fingerprint density at radius 3 is 2.06 bits per heavy atom. The van der Waals surface area contributed by atoms with E-state index in [-0.39, 0.29) is 5.82 Å². The average Bonchev–Trinajstić information content (AvgIpc) is 2.42. The van der Waals surface area contributed by atoms with Crippen molar-refractivity contribution < 1.29 is 4.39 Å². The lowest BCUT2D eigenvalue weighted by atomic mass is 9.84. The monoisotopic (exact) mass is 315 g/mol. The van der Waals surface area contributed by atoms with Crippen molar-refractivity contribution in [1.29, 1.82) is 0 Å². The van der Waals surface area contributed by atoms with Gasteiger partial charge in [0.2, 0.25) is 0 Å². The van der Waals surface area contributed by atoms with Crippen molar-refractivity contribution in [3.8, 4) is 0 Å². The van der Waals surface area contributed by atoms with Gasteiger partial charge in [-0.3, -0.25) is 0 Å². The Morgan fingerprint density at radius 1 is 1.11 bits per heavy atom. The Hall–Kier alpha value is -0.570. The first-order valence-electron chi connectivity index (χ1n) is 6.67. The van der Waals surface area contributed by atoms with E-state index in [2.05, 4.69) is 41.6 Å². The maximum Gasteiger partial charge on any atom is 0.123 e. The number of alkyl halides is 1. The fourth-order valence-electron chi connectivity index (χ4n) is 2.15. The fourth-order valence-corrected chi connectivity index (χ4v) is 3.12. The largest absolute Gasteiger partial charge is 0.371 e. The summed E-state index contributed by atoms with van der Waals surface area (Å²) < 4.78 is 13.0. The van der Waals surface area contributed by atoms with Crippen molar-refractivity contribution in [1.82, 2.24) is 0 Å². The highest BCUT2D eigenvalue weighted by Crippen LogP contribution is 2.31. The first-order valence-corrected chi connectivity index (χ1v) is 7.79. The highest BCUT2D eigenvalue weighted by atomic mass is 79.9. The number of nitrogens with zero attached hydrogens (tertiary/aromatic N) is 1. The Labute approximate surface area is 119 Å². The lowest BCUT2D eigenvalue weighted by Crippen LogP contribution is -2.38. The second-order valence-corrected chi connectivity index (χ2v) is 5.39. The molecule has 0 aliphatic heterocycles. The summed E-state index contributed by atoms with van der Waals surface area (Å²) in [4.78, 5) is 2.33. The van der Waals surface area contributed by atoms with E-state index in [1.54, 1.807) is 0 Å². The summed E-state index contributed by atoms with van der Waals surface area (Å²) >= 11 is 3.65. The second-order valence-electron chi connectivity index (χ2n) is 4.83. The molecule has 0 spiro atoms. The smallest absolute Gasteiger partial charge is 0.123 e. The zero-order valence-corrected chi connectivity index (χ0v) is 13.1. The molecule has 0 fully saturated rings. The predicted octanol–water partition coefficient (Wildman–Crippen LogP) is 4.85. The molecule has 0 unspecified atom stereocenters. The molecule has 102 valence electrons. The van der Waals surface area contributed by atoms with Crippen LogP contribution in [0.1, 0.15) is 33.6 Å². The van der Waals surface area contributed by atoms with E-state index in [1.165, 1.54) is 12.1 Å². The van der Waals surface area contributed by atoms with Crippen molar-refractivity contribution in [3.63, 3.8) is 0 Å². The molecule has 0 bridgehead atoms. The van der Waals surface area contributed by atoms with Crippen LogP contribution < -0.4 is 4.90 Å². The summed E-state index contributed by atoms with van der Waals surface area (Å²) in [5, 5.41) is 1.00. The molecule has 0 amide bonds. The SMILES string of the molecule is CCN(CC(CC)(CC)CBr)c1ccc(F)cc1. The van der Waals surface area contributed by atoms with Crippen molar-refractivity contribution in [3.05, 3.63) is 30.1 Å². The van der Waals surface area contributed by atoms with Crippen LogP contribution in [0.25, 0.3) is 0 Å². The molecule has 1 rings (SSSR count). The molecule has 1 nitrogen and oxygen atoms in total. The number of benzene rings is 1. The van der Waals surface area contributed by atoms with Crippen LogP contribution in [0.15, 0.2) is 24.3 Å². The first-order chi connectivity index (χ1) is 8.60. The Balaban J connectivity index is 2.86. The molecule has 0 atom stereocenters. The second kappa shape index (κ2) is 7.13. The van der Waals surface area contributed by atoms with Crippen molar-refractivity contribution >= 4 is 21.6 Å². The minimum absolute atomic E-state index is 0.174. The summed E-state index contributed by atoms with van der Waals surface area (Å²) in [5.74, 6) is -0.174. The van der Waals surface area contributed by atoms with Gasteiger partial charge in [0, 0.05) is 24.1 Å². The average molecular weight is 316 g/mol. The van der Waals surface area contributed by atoms with Gasteiger partial charge >= 0.3 is 0 Å². The van der Waals surface area contributed by atoms with Gasteiger partial charge in [-0.25, -0.2) is 4.39 Å². The van der Waals surface area contributed by atoms with Crippen LogP contribution in [0.3, 0.4) is 0 Å². The molecule has 1 aromatic carbocycles. The Kier molecular flexibility index (Phi) is 6.13. The van der Waals surface area contributed by atoms with E-state index in [4.69, 9.17) is 0 Å². The maximum absolute atomic E-state index is 13.0. The van der Waals surface area contributed by atoms with E-state index >= 15 is 0 Å². The molecule has 0 radical (unpaired) electrons. The van der Waals surface area contributed by atoms with Gasteiger partial charge in [0.25, 0.3) is 0 Å². The molecule has 0 heterocycles. The van der Waals surface area contributed by atoms with E-state index in [0.29, 0.717) is 5.41 Å². The topological polar surface area (TPSA) is 3.24 Å². The lowest BCUT2D eigenvalue weighted by Gasteiger charge is -2.36. The zero-order valence-electron chi connectivity index (χ0n) is 11.5. The van der Waals surface area contributed by atoms with Crippen LogP contribution in [-0.4, -0.2) is 18.4 Å². The van der Waals surface area contributed by atoms with E-state index < -0.39 is 0 Å². The van der Waals surface area contributed by atoms with E-state index in [1.807, 2.05) is 12.1 Å². The Morgan fingerprint density at radius 2 is 1.67 bits per heavy atom. The van der Waals surface area contributed by atoms with Crippen LogP contribution in [0.4, 0.5) is 10.1 Å². The van der Waals surface area contributed by atoms with Crippen molar-refractivity contribution in [2.45, 2.75) is 33.6 Å². The summed E-state index contributed by atoms with van der Waals surface area (Å²) in [7, 11) is 0. The van der Waals surface area contributed by atoms with Crippen LogP contribution >= 0.6 is 15.9 Å². The third-order valence-electron chi connectivity index (χ3n) is 3.88. The van der Waals surface area contributed by atoms with Crippen molar-refractivity contribution in [2.24, 2.45) is 5.41 Å². The molecule has 0 saturated heterocycles. The molecular weight excluding hydrogens is 293 g/mol. The van der Waals surface area contributed by atoms with E-state index in [9.17, 15) is 4.39 Å². The molecular formula is C15H23BrFN. The normalized spacial score (nSPS) is 11.6. The Bertz CT molecular complexity index is 338. The molecule has 18 heavy (non-hydrogen) atoms. The van der Waals surface area contributed by atoms with Gasteiger partial charge in [-0.15, -0.1) is 0 Å². The quantitative estimate of drug-likeness (QED) is 0.650. The van der Waals surface area contributed by atoms with Gasteiger partial charge < -0.3 is 4.90 Å². The molecule has 0 N–H and O–H groups in total. The third-order valence-corrected chi connectivity index (χ3v) is 5.07. The summed E-state index contributed by atoms with van der Waals surface area (Å²) in [5.41, 5.74) is 1.40. The molecule has 0 aliphatic carbocycles. The van der Waals surface area contributed by atoms with Crippen LogP contribution in [0.5, 0.6) is 0 Å². The zero-order chi connectivity index (χ0) is 13.6. The maximum atomic E-state index is 13.0. The van der Waals surface area contributed by atoms with E-state index in [0.717, 1.165) is 36.9 Å². The first kappa shape index (κ1) is 15.5. The lowest BCUT2D eigenvalue weighted by molar-refractivity contribution is 0.312. The number of rotatable bonds is 7. The van der Waals surface area contributed by atoms with Gasteiger partial charge in [-0.1, -0.05) is 29.8 Å². The third kappa shape index (κ3) is 3.71. The number of hydrogen-bond donors (Lipinski definition) is 0. The van der Waals surface area contributed by atoms with Gasteiger partial charge in [0.15, 0.2) is 0 Å². The summed E-state index contributed by atoms with van der Waals surface area (Å²) in [6.45, 7) is 8.58. The van der Waals surface area contributed by atoms with Gasteiger partial charge in [0.05, 0.1) is 0 Å². The number of halogens is 2. The van der Waals surface area contributed by atoms with Gasteiger partial charge in [-0.05, 0) is 49.4 Å². The van der Waals surface area contributed by atoms with Gasteiger partial charge in [-0.2, -0.15) is 0 Å². The molecule has 0 aliphatic rings. The summed E-state index contributed by atoms with van der Waals surface area (Å²) in [6, 6.07) is 6.80. The highest BCUT2D eigenvalue weighted by molar-refractivity contribution is 9.09. The predicted molar refractivity (Wildman–Crippen MR) is 81.1 cm³/mol. The minimum Gasteiger partial charge on any atom is -0.371 e. The van der Waals surface area contributed by atoms with Crippen LogP contribution in [0, 0.1) is 11.2 Å². The van der Waals surface area contributed by atoms with Crippen LogP contribution in [-0.2, 0) is 0 Å². The van der Waals surface area contributed by atoms with Crippen LogP contribution in [0.2, 0.25) is 0 Å². The molecule has 3 heteroatoms. The van der Waals surface area contributed by atoms with Crippen molar-refractivity contribution in [2.75, 3.05) is 23.3 Å². The standard InChI is InChI=1S/C15H23BrFN/c1-4-15(5-2,11-16)12-18(6-3)14-9-7-13(17)8-10-14/h7-10H,4-6,11-12H2,1-3H3. The fraction of sp³-hybridized carbons (Fsp3) is 0.600. The number of anilines is 1. The minimum atomic E-state index is -0.174. The molecule has 0 saturated carbocycles. The summed E-state index contributed by atoms with van der Waals surface area (Å²) in [6.07, 6.45) is 2.29.